The van der Waals surface area contributed by atoms with Crippen molar-refractivity contribution in [1.29, 1.82) is 0 Å². The van der Waals surface area contributed by atoms with E-state index in [2.05, 4.69) is 12.1 Å². The molecule has 0 spiro atoms. The zero-order chi connectivity index (χ0) is 11.1. The maximum absolute atomic E-state index is 12.7. The van der Waals surface area contributed by atoms with E-state index in [-0.39, 0.29) is 0 Å². The summed E-state index contributed by atoms with van der Waals surface area (Å²) in [5.74, 6) is -3.35. The van der Waals surface area contributed by atoms with Gasteiger partial charge < -0.3 is 5.01 Å². The summed E-state index contributed by atoms with van der Waals surface area (Å²) in [6, 6.07) is 0. The minimum atomic E-state index is -4.71. The third kappa shape index (κ3) is 2.09. The second kappa shape index (κ2) is 3.01. The van der Waals surface area contributed by atoms with Gasteiger partial charge in [0.25, 0.3) is 0 Å². The molecule has 0 aromatic heterocycles. The van der Waals surface area contributed by atoms with Crippen LogP contribution in [-0.4, -0.2) is 17.8 Å². The molecule has 1 unspecified atom stereocenters. The van der Waals surface area contributed by atoms with Gasteiger partial charge in [-0.05, 0) is 0 Å². The van der Waals surface area contributed by atoms with Crippen molar-refractivity contribution in [2.45, 2.75) is 19.0 Å². The molecule has 1 aliphatic rings. The molecule has 2 nitrogen and oxygen atoms in total. The van der Waals surface area contributed by atoms with E-state index >= 15 is 0 Å². The number of nitrogens with zero attached hydrogens (tertiary/aromatic N) is 1. The Morgan fingerprint density at radius 3 is 2.00 bits per heavy atom. The van der Waals surface area contributed by atoms with E-state index in [1.54, 1.807) is 0 Å². The van der Waals surface area contributed by atoms with Crippen LogP contribution in [0.2, 0.25) is 0 Å². The molecular formula is C7H7F5N2. The highest BCUT2D eigenvalue weighted by Gasteiger charge is 2.44. The van der Waals surface area contributed by atoms with Crippen molar-refractivity contribution in [2.75, 3.05) is 0 Å². The number of alkyl halides is 5. The van der Waals surface area contributed by atoms with Crippen molar-refractivity contribution >= 4 is 5.71 Å². The maximum Gasteiger partial charge on any atom is 0.438 e. The summed E-state index contributed by atoms with van der Waals surface area (Å²) in [7, 11) is 3.03. The van der Waals surface area contributed by atoms with Crippen LogP contribution in [0.1, 0.15) is 6.92 Å². The van der Waals surface area contributed by atoms with Gasteiger partial charge in [-0.3, -0.25) is 0 Å². The zero-order valence-corrected chi connectivity index (χ0v) is 7.12. The molecule has 1 aliphatic heterocycles. The molecule has 1 atom stereocenters. The first kappa shape index (κ1) is 11.1. The predicted octanol–water partition coefficient (Wildman–Crippen LogP) is 1.13. The molecule has 0 radical (unpaired) electrons. The minimum Gasteiger partial charge on any atom is -0.304 e. The molecule has 7 heteroatoms. The summed E-state index contributed by atoms with van der Waals surface area (Å²) in [5, 5.41) is 2.40. The Bertz CT molecular complexity index is 296. The Morgan fingerprint density at radius 2 is 1.79 bits per heavy atom. The fourth-order valence-electron chi connectivity index (χ4n) is 0.983. The largest absolute Gasteiger partial charge is 0.438 e. The van der Waals surface area contributed by atoms with Crippen LogP contribution in [0.3, 0.4) is 0 Å². The number of quaternary nitrogens is 1. The van der Waals surface area contributed by atoms with Crippen LogP contribution >= 0.6 is 0 Å². The highest BCUT2D eigenvalue weighted by Crippen LogP contribution is 2.25. The fraction of sp³-hybridized carbons (Fsp3) is 0.429. The van der Waals surface area contributed by atoms with E-state index in [4.69, 9.17) is 0 Å². The van der Waals surface area contributed by atoms with Gasteiger partial charge in [-0.1, -0.05) is 0 Å². The van der Waals surface area contributed by atoms with Crippen molar-refractivity contribution in [3.8, 4) is 0 Å². The first-order chi connectivity index (χ1) is 6.12. The molecule has 1 heterocycles. The summed E-state index contributed by atoms with van der Waals surface area (Å²) in [6.45, 7) is 0.499. The maximum atomic E-state index is 12.7. The number of allylic oxidation sites excluding steroid dienone is 2. The van der Waals surface area contributed by atoms with Crippen molar-refractivity contribution in [3.05, 3.63) is 18.8 Å². The average molecular weight is 214 g/mol. The van der Waals surface area contributed by atoms with E-state index in [0.29, 0.717) is 13.0 Å². The monoisotopic (exact) mass is 214 g/mol. The molecule has 0 saturated carbocycles. The molecule has 14 heavy (non-hydrogen) atoms. The molecule has 0 saturated heterocycles. The smallest absolute Gasteiger partial charge is 0.304 e. The van der Waals surface area contributed by atoms with Crippen molar-refractivity contribution < 1.29 is 27.0 Å². The second-order valence-corrected chi connectivity index (χ2v) is 2.89. The Kier molecular flexibility index (Phi) is 2.39. The van der Waals surface area contributed by atoms with E-state index in [0.717, 1.165) is 0 Å². The lowest BCUT2D eigenvalue weighted by molar-refractivity contribution is -0.824. The van der Waals surface area contributed by atoms with Gasteiger partial charge in [-0.15, -0.1) is 12.1 Å². The SMILES string of the molecule is [CH2-][NH+]1N=C(C(F)(F)F)C=C1C(C)(F)F. The molecule has 0 aromatic rings. The van der Waals surface area contributed by atoms with Crippen molar-refractivity contribution in [3.63, 3.8) is 0 Å². The van der Waals surface area contributed by atoms with Gasteiger partial charge in [0.1, 0.15) is 0 Å². The number of nitrogens with one attached hydrogen (secondary N) is 1. The zero-order valence-electron chi connectivity index (χ0n) is 7.12. The number of halogens is 5. The summed E-state index contributed by atoms with van der Waals surface area (Å²) in [5.41, 5.74) is -2.12. The van der Waals surface area contributed by atoms with Gasteiger partial charge in [-0.2, -0.15) is 22.0 Å². The van der Waals surface area contributed by atoms with Gasteiger partial charge >= 0.3 is 12.1 Å². The molecular weight excluding hydrogens is 207 g/mol. The van der Waals surface area contributed by atoms with Gasteiger partial charge in [-0.25, -0.2) is 0 Å². The number of hydrogen-bond donors (Lipinski definition) is 1. The van der Waals surface area contributed by atoms with E-state index in [9.17, 15) is 22.0 Å². The average Bonchev–Trinajstić information content (AvgIpc) is 2.27. The van der Waals surface area contributed by atoms with Crippen LogP contribution in [-0.2, 0) is 0 Å². The van der Waals surface area contributed by atoms with Crippen molar-refractivity contribution in [2.24, 2.45) is 5.10 Å². The standard InChI is InChI=1S/C7H7F5N2/c1-6(8,9)5-3-4(7(10,11)12)13-14(5)2/h3,14H,2H2,1H3. The van der Waals surface area contributed by atoms with E-state index < -0.39 is 28.5 Å². The quantitative estimate of drug-likeness (QED) is 0.498. The van der Waals surface area contributed by atoms with Crippen LogP contribution in [0.15, 0.2) is 16.9 Å². The minimum absolute atomic E-state index is 0.322. The van der Waals surface area contributed by atoms with E-state index in [1.165, 1.54) is 0 Å². The van der Waals surface area contributed by atoms with Crippen molar-refractivity contribution in [1.82, 2.24) is 0 Å². The molecule has 0 aliphatic carbocycles. The van der Waals surface area contributed by atoms with Gasteiger partial charge in [0, 0.05) is 13.0 Å². The highest BCUT2D eigenvalue weighted by atomic mass is 19.4. The van der Waals surface area contributed by atoms with Crippen LogP contribution in [0, 0.1) is 7.05 Å². The first-order valence-electron chi connectivity index (χ1n) is 3.57. The highest BCUT2D eigenvalue weighted by molar-refractivity contribution is 6.00. The fourth-order valence-corrected chi connectivity index (χ4v) is 0.983. The molecule has 0 bridgehead atoms. The third-order valence-corrected chi connectivity index (χ3v) is 1.61. The number of rotatable bonds is 1. The topological polar surface area (TPSA) is 16.8 Å². The molecule has 0 fully saturated rings. The lowest BCUT2D eigenvalue weighted by Crippen LogP contribution is -3.00. The predicted molar refractivity (Wildman–Crippen MR) is 38.5 cm³/mol. The van der Waals surface area contributed by atoms with Crippen LogP contribution in [0.25, 0.3) is 0 Å². The molecule has 80 valence electrons. The van der Waals surface area contributed by atoms with Gasteiger partial charge in [0.15, 0.2) is 5.70 Å². The van der Waals surface area contributed by atoms with Crippen LogP contribution in [0.5, 0.6) is 0 Å². The molecule has 1 rings (SSSR count). The van der Waals surface area contributed by atoms with E-state index in [1.807, 2.05) is 0 Å². The van der Waals surface area contributed by atoms with Gasteiger partial charge in [0.05, 0.1) is 0 Å². The Hall–Kier alpha value is -0.980. The second-order valence-electron chi connectivity index (χ2n) is 2.89. The Labute approximate surface area is 76.7 Å². The summed E-state index contributed by atoms with van der Waals surface area (Å²) < 4.78 is 61.4. The molecule has 1 N–H and O–H groups in total. The summed E-state index contributed by atoms with van der Waals surface area (Å²) in [4.78, 5) is 0. The normalized spacial score (nSPS) is 23.5. The molecule has 0 amide bonds. The number of hydrogen-bond acceptors (Lipinski definition) is 1. The third-order valence-electron chi connectivity index (χ3n) is 1.61. The van der Waals surface area contributed by atoms with Crippen LogP contribution in [0.4, 0.5) is 22.0 Å². The molecule has 0 aromatic carbocycles. The van der Waals surface area contributed by atoms with Crippen LogP contribution < -0.4 is 5.01 Å². The lowest BCUT2D eigenvalue weighted by Gasteiger charge is -2.17. The summed E-state index contributed by atoms with van der Waals surface area (Å²) >= 11 is 0. The Balaban J connectivity index is 2.99. The summed E-state index contributed by atoms with van der Waals surface area (Å²) in [6.07, 6.45) is -4.39. The first-order valence-corrected chi connectivity index (χ1v) is 3.57. The Morgan fingerprint density at radius 1 is 1.29 bits per heavy atom. The lowest BCUT2D eigenvalue weighted by atomic mass is 10.2. The van der Waals surface area contributed by atoms with Gasteiger partial charge in [0.2, 0.25) is 5.71 Å².